The van der Waals surface area contributed by atoms with Crippen molar-refractivity contribution in [1.29, 1.82) is 0 Å². The van der Waals surface area contributed by atoms with Gasteiger partial charge in [-0.2, -0.15) is 0 Å². The average molecular weight is 448 g/mol. The summed E-state index contributed by atoms with van der Waals surface area (Å²) in [7, 11) is 0. The van der Waals surface area contributed by atoms with Gasteiger partial charge in [0.25, 0.3) is 5.56 Å². The van der Waals surface area contributed by atoms with Crippen LogP contribution in [0.25, 0.3) is 16.6 Å². The number of amides is 1. The van der Waals surface area contributed by atoms with Crippen molar-refractivity contribution in [2.75, 3.05) is 5.32 Å². The van der Waals surface area contributed by atoms with E-state index in [-0.39, 0.29) is 17.2 Å². The van der Waals surface area contributed by atoms with E-state index in [1.165, 1.54) is 12.1 Å². The van der Waals surface area contributed by atoms with E-state index in [4.69, 9.17) is 4.98 Å². The monoisotopic (exact) mass is 447 g/mol. The van der Waals surface area contributed by atoms with Crippen LogP contribution in [0.2, 0.25) is 0 Å². The Morgan fingerprint density at radius 3 is 2.38 bits per heavy atom. The molecule has 0 saturated heterocycles. The van der Waals surface area contributed by atoms with Crippen LogP contribution in [0.4, 0.5) is 10.1 Å². The summed E-state index contributed by atoms with van der Waals surface area (Å²) in [4.78, 5) is 31.0. The zero-order valence-electron chi connectivity index (χ0n) is 17.9. The smallest absolute Gasteiger partial charge is 0.266 e. The molecule has 1 unspecified atom stereocenters. The summed E-state index contributed by atoms with van der Waals surface area (Å²) in [5.41, 5.74) is 3.08. The number of thioether (sulfide) groups is 1. The van der Waals surface area contributed by atoms with Gasteiger partial charge >= 0.3 is 0 Å². The van der Waals surface area contributed by atoms with Gasteiger partial charge in [0.1, 0.15) is 5.82 Å². The Morgan fingerprint density at radius 1 is 1.00 bits per heavy atom. The Kier molecular flexibility index (Phi) is 6.10. The summed E-state index contributed by atoms with van der Waals surface area (Å²) in [6, 6.07) is 19.0. The van der Waals surface area contributed by atoms with E-state index in [1.54, 1.807) is 41.8 Å². The second kappa shape index (κ2) is 8.96. The molecule has 0 aliphatic carbocycles. The normalized spacial score (nSPS) is 12.0. The number of halogens is 1. The molecule has 1 heterocycles. The fourth-order valence-corrected chi connectivity index (χ4v) is 4.47. The van der Waals surface area contributed by atoms with Crippen LogP contribution in [0.15, 0.2) is 76.7 Å². The molecule has 1 aromatic heterocycles. The minimum Gasteiger partial charge on any atom is -0.323 e. The fourth-order valence-electron chi connectivity index (χ4n) is 3.56. The quantitative estimate of drug-likeness (QED) is 0.335. The van der Waals surface area contributed by atoms with Crippen LogP contribution in [-0.2, 0) is 4.79 Å². The number of aryl methyl sites for hydroxylation is 2. The number of nitrogens with zero attached hydrogens (tertiary/aromatic N) is 2. The molecule has 0 fully saturated rings. The van der Waals surface area contributed by atoms with Crippen molar-refractivity contribution in [1.82, 2.24) is 9.55 Å². The van der Waals surface area contributed by atoms with E-state index >= 15 is 0 Å². The lowest BCUT2D eigenvalue weighted by molar-refractivity contribution is -0.115. The second-order valence-corrected chi connectivity index (χ2v) is 8.83. The van der Waals surface area contributed by atoms with Crippen LogP contribution in [0.5, 0.6) is 0 Å². The topological polar surface area (TPSA) is 64.0 Å². The molecule has 1 amide bonds. The first kappa shape index (κ1) is 21.8. The zero-order chi connectivity index (χ0) is 22.8. The van der Waals surface area contributed by atoms with Crippen LogP contribution in [0.1, 0.15) is 18.1 Å². The number of benzene rings is 3. The Hall–Kier alpha value is -3.45. The van der Waals surface area contributed by atoms with Gasteiger partial charge in [-0.05, 0) is 56.2 Å². The molecule has 4 rings (SSSR count). The highest BCUT2D eigenvalue weighted by molar-refractivity contribution is 8.00. The van der Waals surface area contributed by atoms with Crippen molar-refractivity contribution in [3.05, 3.63) is 94.0 Å². The maximum absolute atomic E-state index is 14.0. The molecule has 32 heavy (non-hydrogen) atoms. The molecule has 0 aliphatic rings. The third kappa shape index (κ3) is 4.16. The number of hydrogen-bond donors (Lipinski definition) is 1. The maximum atomic E-state index is 14.0. The molecule has 1 atom stereocenters. The van der Waals surface area contributed by atoms with Gasteiger partial charge in [0, 0.05) is 0 Å². The standard InChI is InChI=1S/C25H22FN3O2S/c1-15-9-8-10-16(2)22(15)29-24(31)18-11-4-6-13-20(18)28-25(29)32-17(3)23(30)27-21-14-7-5-12-19(21)26/h4-14,17H,1-3H3,(H,27,30). The Morgan fingerprint density at radius 2 is 1.66 bits per heavy atom. The molecular formula is C25H22FN3O2S. The van der Waals surface area contributed by atoms with Gasteiger partial charge in [0.2, 0.25) is 5.91 Å². The van der Waals surface area contributed by atoms with E-state index < -0.39 is 11.1 Å². The van der Waals surface area contributed by atoms with E-state index in [2.05, 4.69) is 5.32 Å². The molecule has 0 radical (unpaired) electrons. The molecule has 0 spiro atoms. The van der Waals surface area contributed by atoms with Crippen LogP contribution < -0.4 is 10.9 Å². The highest BCUT2D eigenvalue weighted by Crippen LogP contribution is 2.28. The van der Waals surface area contributed by atoms with Gasteiger partial charge in [-0.1, -0.05) is 54.2 Å². The van der Waals surface area contributed by atoms with Crippen molar-refractivity contribution >= 4 is 34.3 Å². The molecule has 4 aromatic rings. The number of rotatable bonds is 5. The Bertz CT molecular complexity index is 1360. The summed E-state index contributed by atoms with van der Waals surface area (Å²) in [5.74, 6) is -0.884. The van der Waals surface area contributed by atoms with Crippen molar-refractivity contribution in [3.63, 3.8) is 0 Å². The SMILES string of the molecule is Cc1cccc(C)c1-n1c(SC(C)C(=O)Nc2ccccc2F)nc2ccccc2c1=O. The van der Waals surface area contributed by atoms with Crippen molar-refractivity contribution < 1.29 is 9.18 Å². The van der Waals surface area contributed by atoms with Crippen molar-refractivity contribution in [2.45, 2.75) is 31.2 Å². The van der Waals surface area contributed by atoms with Crippen LogP contribution in [0.3, 0.4) is 0 Å². The number of carbonyl (C=O) groups is 1. The van der Waals surface area contributed by atoms with E-state index in [0.29, 0.717) is 16.1 Å². The van der Waals surface area contributed by atoms with E-state index in [0.717, 1.165) is 28.6 Å². The first-order chi connectivity index (χ1) is 15.4. The highest BCUT2D eigenvalue weighted by Gasteiger charge is 2.22. The third-order valence-corrected chi connectivity index (χ3v) is 6.24. The third-order valence-electron chi connectivity index (χ3n) is 5.19. The van der Waals surface area contributed by atoms with E-state index in [9.17, 15) is 14.0 Å². The summed E-state index contributed by atoms with van der Waals surface area (Å²) in [6.45, 7) is 5.58. The predicted molar refractivity (Wildman–Crippen MR) is 127 cm³/mol. The number of anilines is 1. The van der Waals surface area contributed by atoms with E-state index in [1.807, 2.05) is 38.1 Å². The summed E-state index contributed by atoms with van der Waals surface area (Å²) in [5, 5.41) is 2.90. The maximum Gasteiger partial charge on any atom is 0.266 e. The van der Waals surface area contributed by atoms with Gasteiger partial charge in [0.15, 0.2) is 5.16 Å². The average Bonchev–Trinajstić information content (AvgIpc) is 2.77. The number of para-hydroxylation sites is 3. The predicted octanol–water partition coefficient (Wildman–Crippen LogP) is 5.26. The van der Waals surface area contributed by atoms with Crippen LogP contribution in [-0.4, -0.2) is 20.7 Å². The molecular weight excluding hydrogens is 425 g/mol. The van der Waals surface area contributed by atoms with Crippen molar-refractivity contribution in [2.24, 2.45) is 0 Å². The number of carbonyl (C=O) groups excluding carboxylic acids is 1. The van der Waals surface area contributed by atoms with Gasteiger partial charge in [-0.3, -0.25) is 14.2 Å². The van der Waals surface area contributed by atoms with Gasteiger partial charge in [-0.15, -0.1) is 0 Å². The molecule has 162 valence electrons. The first-order valence-electron chi connectivity index (χ1n) is 10.2. The molecule has 0 saturated carbocycles. The first-order valence-corrected chi connectivity index (χ1v) is 11.0. The lowest BCUT2D eigenvalue weighted by Crippen LogP contribution is -2.27. The van der Waals surface area contributed by atoms with Crippen LogP contribution >= 0.6 is 11.8 Å². The van der Waals surface area contributed by atoms with Gasteiger partial charge < -0.3 is 5.32 Å². The highest BCUT2D eigenvalue weighted by atomic mass is 32.2. The fraction of sp³-hybridized carbons (Fsp3) is 0.160. The number of nitrogens with one attached hydrogen (secondary N) is 1. The minimum absolute atomic E-state index is 0.114. The summed E-state index contributed by atoms with van der Waals surface area (Å²) >= 11 is 1.16. The number of aromatic nitrogens is 2. The van der Waals surface area contributed by atoms with Gasteiger partial charge in [-0.25, -0.2) is 9.37 Å². The Labute approximate surface area is 189 Å². The molecule has 1 N–H and O–H groups in total. The second-order valence-electron chi connectivity index (χ2n) is 7.52. The van der Waals surface area contributed by atoms with Gasteiger partial charge in [0.05, 0.1) is 27.5 Å². The van der Waals surface area contributed by atoms with Crippen molar-refractivity contribution in [3.8, 4) is 5.69 Å². The molecule has 5 nitrogen and oxygen atoms in total. The molecule has 3 aromatic carbocycles. The zero-order valence-corrected chi connectivity index (χ0v) is 18.7. The molecule has 0 aliphatic heterocycles. The Balaban J connectivity index is 1.79. The summed E-state index contributed by atoms with van der Waals surface area (Å²) in [6.07, 6.45) is 0. The number of fused-ring (bicyclic) bond motifs is 1. The largest absolute Gasteiger partial charge is 0.323 e. The lowest BCUT2D eigenvalue weighted by Gasteiger charge is -2.19. The number of hydrogen-bond acceptors (Lipinski definition) is 4. The lowest BCUT2D eigenvalue weighted by atomic mass is 10.1. The minimum atomic E-state index is -0.627. The molecule has 0 bridgehead atoms. The van der Waals surface area contributed by atoms with Crippen LogP contribution in [0, 0.1) is 19.7 Å². The molecule has 7 heteroatoms. The summed E-state index contributed by atoms with van der Waals surface area (Å²) < 4.78 is 15.5.